The first-order valence-corrected chi connectivity index (χ1v) is 8.05. The summed E-state index contributed by atoms with van der Waals surface area (Å²) in [4.78, 5) is 29.3. The number of aromatic nitrogens is 1. The standard InChI is InChI=1S/C18H22N2O3/c1-12-7-13(2)10-20(9-12)17(21)11-23-18(22)15-8-19-16-6-4-3-5-14(15)16/h3-6,8,12-13,19H,7,9-11H2,1-2H3/t12-,13+. The minimum atomic E-state index is -0.464. The molecule has 3 rings (SSSR count). The van der Waals surface area contributed by atoms with E-state index in [0.29, 0.717) is 17.4 Å². The summed E-state index contributed by atoms with van der Waals surface area (Å²) in [6.45, 7) is 5.58. The Hall–Kier alpha value is -2.30. The number of hydrogen-bond acceptors (Lipinski definition) is 3. The molecule has 2 heterocycles. The fourth-order valence-electron chi connectivity index (χ4n) is 3.40. The zero-order valence-corrected chi connectivity index (χ0v) is 13.5. The Morgan fingerprint density at radius 1 is 1.22 bits per heavy atom. The van der Waals surface area contributed by atoms with Gasteiger partial charge in [0.05, 0.1) is 5.56 Å². The van der Waals surface area contributed by atoms with E-state index in [4.69, 9.17) is 4.74 Å². The number of amides is 1. The van der Waals surface area contributed by atoms with Gasteiger partial charge in [-0.25, -0.2) is 4.79 Å². The van der Waals surface area contributed by atoms with E-state index >= 15 is 0 Å². The molecule has 122 valence electrons. The third-order valence-corrected chi connectivity index (χ3v) is 4.36. The van der Waals surface area contributed by atoms with Gasteiger partial charge in [0.2, 0.25) is 0 Å². The molecule has 1 aromatic carbocycles. The van der Waals surface area contributed by atoms with Crippen molar-refractivity contribution >= 4 is 22.8 Å². The number of ether oxygens (including phenoxy) is 1. The van der Waals surface area contributed by atoms with E-state index < -0.39 is 5.97 Å². The summed E-state index contributed by atoms with van der Waals surface area (Å²) in [7, 11) is 0. The Balaban J connectivity index is 1.61. The summed E-state index contributed by atoms with van der Waals surface area (Å²) >= 11 is 0. The monoisotopic (exact) mass is 314 g/mol. The number of H-pyrrole nitrogens is 1. The molecule has 2 aromatic rings. The summed E-state index contributed by atoms with van der Waals surface area (Å²) in [6.07, 6.45) is 2.77. The lowest BCUT2D eigenvalue weighted by Gasteiger charge is -2.34. The second-order valence-corrected chi connectivity index (χ2v) is 6.57. The lowest BCUT2D eigenvalue weighted by Crippen LogP contribution is -2.44. The molecule has 1 N–H and O–H groups in total. The number of piperidine rings is 1. The van der Waals surface area contributed by atoms with E-state index in [1.165, 1.54) is 0 Å². The van der Waals surface area contributed by atoms with Crippen molar-refractivity contribution in [1.82, 2.24) is 9.88 Å². The highest BCUT2D eigenvalue weighted by atomic mass is 16.5. The largest absolute Gasteiger partial charge is 0.452 e. The van der Waals surface area contributed by atoms with Crippen molar-refractivity contribution in [2.45, 2.75) is 20.3 Å². The molecular weight excluding hydrogens is 292 g/mol. The van der Waals surface area contributed by atoms with Crippen LogP contribution in [-0.2, 0) is 9.53 Å². The highest BCUT2D eigenvalue weighted by molar-refractivity contribution is 6.04. The molecule has 1 saturated heterocycles. The molecule has 1 aliphatic rings. The topological polar surface area (TPSA) is 62.4 Å². The third kappa shape index (κ3) is 3.38. The second kappa shape index (κ2) is 6.44. The minimum Gasteiger partial charge on any atom is -0.452 e. The molecule has 0 saturated carbocycles. The van der Waals surface area contributed by atoms with Gasteiger partial charge in [-0.2, -0.15) is 0 Å². The molecule has 1 fully saturated rings. The lowest BCUT2D eigenvalue weighted by atomic mass is 9.92. The molecule has 1 aliphatic heterocycles. The van der Waals surface area contributed by atoms with Crippen molar-refractivity contribution < 1.29 is 14.3 Å². The van der Waals surface area contributed by atoms with Crippen LogP contribution < -0.4 is 0 Å². The number of carbonyl (C=O) groups is 2. The van der Waals surface area contributed by atoms with Crippen LogP contribution in [0.5, 0.6) is 0 Å². The predicted molar refractivity (Wildman–Crippen MR) is 88.1 cm³/mol. The summed E-state index contributed by atoms with van der Waals surface area (Å²) in [6, 6.07) is 7.52. The molecule has 5 heteroatoms. The Bertz CT molecular complexity index is 712. The van der Waals surface area contributed by atoms with Crippen LogP contribution in [0.4, 0.5) is 0 Å². The molecule has 23 heavy (non-hydrogen) atoms. The van der Waals surface area contributed by atoms with E-state index in [1.54, 1.807) is 11.1 Å². The number of fused-ring (bicyclic) bond motifs is 1. The zero-order chi connectivity index (χ0) is 16.4. The van der Waals surface area contributed by atoms with Gasteiger partial charge in [-0.15, -0.1) is 0 Å². The first-order valence-electron chi connectivity index (χ1n) is 8.05. The van der Waals surface area contributed by atoms with Gasteiger partial charge in [0.25, 0.3) is 5.91 Å². The van der Waals surface area contributed by atoms with Crippen LogP contribution in [0, 0.1) is 11.8 Å². The number of rotatable bonds is 3. The fourth-order valence-corrected chi connectivity index (χ4v) is 3.40. The first kappa shape index (κ1) is 15.6. The van der Waals surface area contributed by atoms with Crippen molar-refractivity contribution in [3.63, 3.8) is 0 Å². The van der Waals surface area contributed by atoms with Gasteiger partial charge in [0, 0.05) is 30.2 Å². The van der Waals surface area contributed by atoms with E-state index in [9.17, 15) is 9.59 Å². The smallest absolute Gasteiger partial charge is 0.340 e. The van der Waals surface area contributed by atoms with E-state index in [-0.39, 0.29) is 12.5 Å². The van der Waals surface area contributed by atoms with Gasteiger partial charge in [0.1, 0.15) is 0 Å². The van der Waals surface area contributed by atoms with Crippen molar-refractivity contribution in [2.75, 3.05) is 19.7 Å². The molecule has 0 radical (unpaired) electrons. The van der Waals surface area contributed by atoms with Gasteiger partial charge in [-0.1, -0.05) is 32.0 Å². The van der Waals surface area contributed by atoms with Crippen LogP contribution >= 0.6 is 0 Å². The van der Waals surface area contributed by atoms with Crippen LogP contribution in [0.1, 0.15) is 30.6 Å². The maximum absolute atomic E-state index is 12.3. The maximum atomic E-state index is 12.3. The molecule has 0 aliphatic carbocycles. The van der Waals surface area contributed by atoms with Gasteiger partial charge >= 0.3 is 5.97 Å². The van der Waals surface area contributed by atoms with Crippen molar-refractivity contribution in [1.29, 1.82) is 0 Å². The van der Waals surface area contributed by atoms with Crippen LogP contribution in [0.2, 0.25) is 0 Å². The van der Waals surface area contributed by atoms with Crippen LogP contribution in [0.3, 0.4) is 0 Å². The second-order valence-electron chi connectivity index (χ2n) is 6.57. The Labute approximate surface area is 135 Å². The first-order chi connectivity index (χ1) is 11.0. The van der Waals surface area contributed by atoms with Gasteiger partial charge in [-0.3, -0.25) is 4.79 Å². The van der Waals surface area contributed by atoms with Crippen molar-refractivity contribution in [2.24, 2.45) is 11.8 Å². The van der Waals surface area contributed by atoms with E-state index in [0.717, 1.165) is 30.4 Å². The third-order valence-electron chi connectivity index (χ3n) is 4.36. The average molecular weight is 314 g/mol. The maximum Gasteiger partial charge on any atom is 0.340 e. The number of hydrogen-bond donors (Lipinski definition) is 1. The Morgan fingerprint density at radius 2 is 1.91 bits per heavy atom. The molecule has 2 atom stereocenters. The minimum absolute atomic E-state index is 0.114. The Morgan fingerprint density at radius 3 is 2.65 bits per heavy atom. The summed E-state index contributed by atoms with van der Waals surface area (Å²) in [5.41, 5.74) is 1.35. The number of carbonyl (C=O) groups excluding carboxylic acids is 2. The SMILES string of the molecule is C[C@@H]1C[C@H](C)CN(C(=O)COC(=O)c2c[nH]c3ccccc23)C1. The van der Waals surface area contributed by atoms with E-state index in [2.05, 4.69) is 18.8 Å². The number of para-hydroxylation sites is 1. The van der Waals surface area contributed by atoms with Crippen molar-refractivity contribution in [3.05, 3.63) is 36.0 Å². The van der Waals surface area contributed by atoms with Crippen molar-refractivity contribution in [3.8, 4) is 0 Å². The molecule has 1 aromatic heterocycles. The summed E-state index contributed by atoms with van der Waals surface area (Å²) in [5, 5.41) is 0.810. The number of benzene rings is 1. The molecule has 5 nitrogen and oxygen atoms in total. The highest BCUT2D eigenvalue weighted by Gasteiger charge is 2.26. The number of esters is 1. The molecule has 0 unspecified atom stereocenters. The summed E-state index contributed by atoms with van der Waals surface area (Å²) in [5.74, 6) is 0.407. The van der Waals surface area contributed by atoms with Crippen LogP contribution in [0.25, 0.3) is 10.9 Å². The van der Waals surface area contributed by atoms with Crippen LogP contribution in [0.15, 0.2) is 30.5 Å². The fraction of sp³-hybridized carbons (Fsp3) is 0.444. The zero-order valence-electron chi connectivity index (χ0n) is 13.5. The number of nitrogens with one attached hydrogen (secondary N) is 1. The van der Waals surface area contributed by atoms with Gasteiger partial charge in [0.15, 0.2) is 6.61 Å². The normalized spacial score (nSPS) is 21.4. The van der Waals surface area contributed by atoms with E-state index in [1.807, 2.05) is 24.3 Å². The number of likely N-dealkylation sites (tertiary alicyclic amines) is 1. The Kier molecular flexibility index (Phi) is 4.37. The molecule has 0 spiro atoms. The molecular formula is C18H22N2O3. The molecule has 1 amide bonds. The average Bonchev–Trinajstić information content (AvgIpc) is 2.95. The van der Waals surface area contributed by atoms with Gasteiger partial charge < -0.3 is 14.6 Å². The summed E-state index contributed by atoms with van der Waals surface area (Å²) < 4.78 is 5.23. The van der Waals surface area contributed by atoms with Crippen LogP contribution in [-0.4, -0.2) is 41.5 Å². The number of nitrogens with zero attached hydrogens (tertiary/aromatic N) is 1. The highest BCUT2D eigenvalue weighted by Crippen LogP contribution is 2.21. The molecule has 0 bridgehead atoms. The van der Waals surface area contributed by atoms with Gasteiger partial charge in [-0.05, 0) is 24.3 Å². The predicted octanol–water partition coefficient (Wildman–Crippen LogP) is 2.83. The lowest BCUT2D eigenvalue weighted by molar-refractivity contribution is -0.137. The quantitative estimate of drug-likeness (QED) is 0.886. The number of aromatic amines is 1.